The number of hydrogen-bond donors (Lipinski definition) is 2. The first-order valence-electron chi connectivity index (χ1n) is 6.06. The Morgan fingerprint density at radius 2 is 1.90 bits per heavy atom. The van der Waals surface area contributed by atoms with Crippen molar-refractivity contribution in [3.8, 4) is 5.75 Å². The Kier molecular flexibility index (Phi) is 5.15. The van der Waals surface area contributed by atoms with E-state index in [4.69, 9.17) is 9.84 Å². The van der Waals surface area contributed by atoms with Crippen molar-refractivity contribution in [1.82, 2.24) is 0 Å². The number of carbonyl (C=O) groups excluding carboxylic acids is 1. The van der Waals surface area contributed by atoms with Gasteiger partial charge in [0.15, 0.2) is 6.61 Å². The largest absolute Gasteiger partial charge is 0.484 e. The van der Waals surface area contributed by atoms with Gasteiger partial charge in [-0.25, -0.2) is 4.79 Å². The minimum absolute atomic E-state index is 0.116. The average Bonchev–Trinajstić information content (AvgIpc) is 2.45. The molecule has 6 heteroatoms. The molecule has 0 fully saturated rings. The van der Waals surface area contributed by atoms with Crippen molar-refractivity contribution in [3.05, 3.63) is 57.7 Å². The summed E-state index contributed by atoms with van der Waals surface area (Å²) in [6.07, 6.45) is 0. The van der Waals surface area contributed by atoms with E-state index in [1.165, 1.54) is 12.1 Å². The molecular formula is C15H12INO4. The van der Waals surface area contributed by atoms with E-state index < -0.39 is 5.97 Å². The summed E-state index contributed by atoms with van der Waals surface area (Å²) in [5.74, 6) is -1.01. The van der Waals surface area contributed by atoms with Crippen molar-refractivity contribution >= 4 is 40.2 Å². The van der Waals surface area contributed by atoms with Crippen LogP contribution in [0.2, 0.25) is 0 Å². The van der Waals surface area contributed by atoms with Crippen LogP contribution in [-0.4, -0.2) is 23.6 Å². The minimum atomic E-state index is -1.04. The van der Waals surface area contributed by atoms with E-state index in [0.717, 1.165) is 3.57 Å². The molecule has 21 heavy (non-hydrogen) atoms. The molecule has 0 aliphatic carbocycles. The fraction of sp³-hybridized carbons (Fsp3) is 0.0667. The van der Waals surface area contributed by atoms with Gasteiger partial charge in [-0.1, -0.05) is 12.1 Å². The van der Waals surface area contributed by atoms with E-state index in [0.29, 0.717) is 11.4 Å². The van der Waals surface area contributed by atoms with Crippen molar-refractivity contribution < 1.29 is 19.4 Å². The topological polar surface area (TPSA) is 75.6 Å². The number of carboxylic acids is 1. The average molecular weight is 397 g/mol. The highest BCUT2D eigenvalue weighted by atomic mass is 127. The predicted octanol–water partition coefficient (Wildman–Crippen LogP) is 3.01. The van der Waals surface area contributed by atoms with E-state index in [9.17, 15) is 9.59 Å². The molecule has 0 saturated carbocycles. The van der Waals surface area contributed by atoms with Crippen molar-refractivity contribution in [3.63, 3.8) is 0 Å². The molecule has 0 aliphatic rings. The molecule has 0 spiro atoms. The molecular weight excluding hydrogens is 385 g/mol. The molecule has 1 amide bonds. The second kappa shape index (κ2) is 7.07. The first-order valence-corrected chi connectivity index (χ1v) is 7.14. The van der Waals surface area contributed by atoms with Crippen molar-refractivity contribution in [2.24, 2.45) is 0 Å². The number of anilines is 1. The first kappa shape index (κ1) is 15.3. The fourth-order valence-electron chi connectivity index (χ4n) is 1.63. The molecule has 0 aliphatic heterocycles. The molecule has 108 valence electrons. The molecule has 0 aromatic heterocycles. The lowest BCUT2D eigenvalue weighted by atomic mass is 10.2. The van der Waals surface area contributed by atoms with E-state index in [2.05, 4.69) is 27.9 Å². The monoisotopic (exact) mass is 397 g/mol. The molecule has 0 atom stereocenters. The number of nitrogens with one attached hydrogen (secondary N) is 1. The van der Waals surface area contributed by atoms with Crippen LogP contribution in [0, 0.1) is 3.57 Å². The lowest BCUT2D eigenvalue weighted by molar-refractivity contribution is -0.118. The van der Waals surface area contributed by atoms with E-state index in [1.807, 2.05) is 18.2 Å². The summed E-state index contributed by atoms with van der Waals surface area (Å²) >= 11 is 2.15. The number of benzene rings is 2. The van der Waals surface area contributed by atoms with Gasteiger partial charge in [-0.15, -0.1) is 0 Å². The lowest BCUT2D eigenvalue weighted by Crippen LogP contribution is -2.20. The Morgan fingerprint density at radius 1 is 1.14 bits per heavy atom. The zero-order valence-corrected chi connectivity index (χ0v) is 13.0. The summed E-state index contributed by atoms with van der Waals surface area (Å²) in [4.78, 5) is 22.6. The Labute approximate surface area is 135 Å². The summed E-state index contributed by atoms with van der Waals surface area (Å²) in [7, 11) is 0. The van der Waals surface area contributed by atoms with Crippen LogP contribution in [0.1, 0.15) is 10.4 Å². The predicted molar refractivity (Wildman–Crippen MR) is 86.7 cm³/mol. The third-order valence-corrected chi connectivity index (χ3v) is 3.23. The van der Waals surface area contributed by atoms with Gasteiger partial charge in [-0.2, -0.15) is 0 Å². The molecule has 0 bridgehead atoms. The van der Waals surface area contributed by atoms with Crippen LogP contribution in [0.3, 0.4) is 0 Å². The van der Waals surface area contributed by atoms with Gasteiger partial charge in [0.1, 0.15) is 5.75 Å². The fourth-order valence-corrected chi connectivity index (χ4v) is 2.17. The third kappa shape index (κ3) is 4.75. The number of ether oxygens (including phenoxy) is 1. The van der Waals surface area contributed by atoms with Crippen LogP contribution in [0.5, 0.6) is 5.75 Å². The highest BCUT2D eigenvalue weighted by molar-refractivity contribution is 14.1. The smallest absolute Gasteiger partial charge is 0.335 e. The summed E-state index contributed by atoms with van der Waals surface area (Å²) < 4.78 is 6.30. The van der Waals surface area contributed by atoms with Crippen molar-refractivity contribution in [1.29, 1.82) is 0 Å². The summed E-state index contributed by atoms with van der Waals surface area (Å²) in [6, 6.07) is 13.4. The quantitative estimate of drug-likeness (QED) is 0.761. The van der Waals surface area contributed by atoms with Crippen LogP contribution >= 0.6 is 22.6 Å². The van der Waals surface area contributed by atoms with Gasteiger partial charge in [0.25, 0.3) is 5.91 Å². The van der Waals surface area contributed by atoms with Crippen LogP contribution < -0.4 is 10.1 Å². The first-order chi connectivity index (χ1) is 10.0. The Balaban J connectivity index is 1.92. The second-order valence-electron chi connectivity index (χ2n) is 4.18. The molecule has 0 heterocycles. The van der Waals surface area contributed by atoms with E-state index >= 15 is 0 Å². The molecule has 0 radical (unpaired) electrons. The zero-order chi connectivity index (χ0) is 15.2. The SMILES string of the molecule is O=C(COc1cccc(C(=O)O)c1)Nc1cccc(I)c1. The number of carboxylic acid groups (broad SMARTS) is 1. The lowest BCUT2D eigenvalue weighted by Gasteiger charge is -2.08. The Morgan fingerprint density at radius 3 is 2.62 bits per heavy atom. The Hall–Kier alpha value is -2.09. The summed E-state index contributed by atoms with van der Waals surface area (Å²) in [5, 5.41) is 11.6. The molecule has 0 unspecified atom stereocenters. The standard InChI is InChI=1S/C15H12INO4/c16-11-4-2-5-12(8-11)17-14(18)9-21-13-6-1-3-10(7-13)15(19)20/h1-8H,9H2,(H,17,18)(H,19,20). The highest BCUT2D eigenvalue weighted by Crippen LogP contribution is 2.14. The molecule has 2 N–H and O–H groups in total. The van der Waals surface area contributed by atoms with Gasteiger partial charge in [0, 0.05) is 9.26 Å². The number of halogens is 1. The number of aromatic carboxylic acids is 1. The van der Waals surface area contributed by atoms with Gasteiger partial charge in [0.2, 0.25) is 0 Å². The molecule has 2 aromatic carbocycles. The molecule has 2 rings (SSSR count). The van der Waals surface area contributed by atoms with Gasteiger partial charge in [0.05, 0.1) is 5.56 Å². The number of amides is 1. The van der Waals surface area contributed by atoms with Crippen molar-refractivity contribution in [2.45, 2.75) is 0 Å². The minimum Gasteiger partial charge on any atom is -0.484 e. The van der Waals surface area contributed by atoms with Gasteiger partial charge < -0.3 is 15.2 Å². The maximum absolute atomic E-state index is 11.8. The molecule has 0 saturated heterocycles. The van der Waals surface area contributed by atoms with Crippen LogP contribution in [0.25, 0.3) is 0 Å². The van der Waals surface area contributed by atoms with Crippen molar-refractivity contribution in [2.75, 3.05) is 11.9 Å². The maximum atomic E-state index is 11.8. The maximum Gasteiger partial charge on any atom is 0.335 e. The van der Waals surface area contributed by atoms with Crippen LogP contribution in [0.15, 0.2) is 48.5 Å². The number of hydrogen-bond acceptors (Lipinski definition) is 3. The number of carbonyl (C=O) groups is 2. The van der Waals surface area contributed by atoms with Crippen LogP contribution in [0.4, 0.5) is 5.69 Å². The highest BCUT2D eigenvalue weighted by Gasteiger charge is 2.07. The Bertz CT molecular complexity index is 672. The van der Waals surface area contributed by atoms with E-state index in [1.54, 1.807) is 18.2 Å². The number of rotatable bonds is 5. The van der Waals surface area contributed by atoms with Gasteiger partial charge >= 0.3 is 5.97 Å². The molecule has 2 aromatic rings. The normalized spacial score (nSPS) is 9.95. The summed E-state index contributed by atoms with van der Waals surface area (Å²) in [6.45, 7) is -0.186. The second-order valence-corrected chi connectivity index (χ2v) is 5.43. The van der Waals surface area contributed by atoms with Gasteiger partial charge in [-0.05, 0) is 59.0 Å². The van der Waals surface area contributed by atoms with Crippen LogP contribution in [-0.2, 0) is 4.79 Å². The van der Waals surface area contributed by atoms with Gasteiger partial charge in [-0.3, -0.25) is 4.79 Å². The zero-order valence-electron chi connectivity index (χ0n) is 10.9. The third-order valence-electron chi connectivity index (χ3n) is 2.56. The summed E-state index contributed by atoms with van der Waals surface area (Å²) in [5.41, 5.74) is 0.806. The van der Waals surface area contributed by atoms with E-state index in [-0.39, 0.29) is 18.1 Å². The molecule has 5 nitrogen and oxygen atoms in total.